The standard InChI is InChI=1S/C24H53NO3Si/c1-8-10-11-12-13-14-15-16-17-18-19-20-21-22-23(25(3)4)24(9-2)29(26-5,27-6)28-7/h23-24H,8-22H2,1-7H3. The number of nitrogens with zero attached hydrogens (tertiary/aromatic N) is 1. The largest absolute Gasteiger partial charge is 0.505 e. The summed E-state index contributed by atoms with van der Waals surface area (Å²) >= 11 is 0. The molecule has 0 radical (unpaired) electrons. The molecule has 0 aromatic rings. The van der Waals surface area contributed by atoms with Crippen molar-refractivity contribution in [3.63, 3.8) is 0 Å². The first-order valence-electron chi connectivity index (χ1n) is 12.3. The molecule has 0 spiro atoms. The zero-order valence-electron chi connectivity index (χ0n) is 20.9. The Labute approximate surface area is 184 Å². The highest BCUT2D eigenvalue weighted by Crippen LogP contribution is 2.35. The van der Waals surface area contributed by atoms with Gasteiger partial charge in [-0.1, -0.05) is 97.3 Å². The van der Waals surface area contributed by atoms with Crippen molar-refractivity contribution in [1.29, 1.82) is 0 Å². The van der Waals surface area contributed by atoms with Crippen molar-refractivity contribution in [2.45, 2.75) is 122 Å². The lowest BCUT2D eigenvalue weighted by atomic mass is 10.0. The number of unbranched alkanes of at least 4 members (excludes halogenated alkanes) is 12. The number of hydrogen-bond donors (Lipinski definition) is 0. The van der Waals surface area contributed by atoms with Crippen molar-refractivity contribution in [2.24, 2.45) is 0 Å². The van der Waals surface area contributed by atoms with E-state index in [9.17, 15) is 0 Å². The van der Waals surface area contributed by atoms with Gasteiger partial charge in [0.25, 0.3) is 0 Å². The van der Waals surface area contributed by atoms with Crippen molar-refractivity contribution in [3.8, 4) is 0 Å². The lowest BCUT2D eigenvalue weighted by molar-refractivity contribution is 0.0902. The molecule has 0 aliphatic heterocycles. The van der Waals surface area contributed by atoms with Crippen LogP contribution in [-0.2, 0) is 13.3 Å². The van der Waals surface area contributed by atoms with E-state index in [1.54, 1.807) is 21.3 Å². The first-order valence-corrected chi connectivity index (χ1v) is 14.1. The molecule has 0 amide bonds. The Hall–Kier alpha value is 0.0569. The van der Waals surface area contributed by atoms with Crippen LogP contribution in [-0.4, -0.2) is 55.2 Å². The third-order valence-electron chi connectivity index (χ3n) is 6.48. The minimum Gasteiger partial charge on any atom is -0.377 e. The van der Waals surface area contributed by atoms with E-state index in [0.717, 1.165) is 6.42 Å². The smallest absolute Gasteiger partial charge is 0.377 e. The van der Waals surface area contributed by atoms with Gasteiger partial charge in [-0.2, -0.15) is 0 Å². The summed E-state index contributed by atoms with van der Waals surface area (Å²) in [7, 11) is 6.94. The highest BCUT2D eigenvalue weighted by Gasteiger charge is 2.50. The molecular formula is C24H53NO3Si. The van der Waals surface area contributed by atoms with Crippen LogP contribution in [0.3, 0.4) is 0 Å². The van der Waals surface area contributed by atoms with E-state index >= 15 is 0 Å². The van der Waals surface area contributed by atoms with E-state index in [-0.39, 0.29) is 0 Å². The Kier molecular flexibility index (Phi) is 18.8. The molecule has 0 aromatic heterocycles. The lowest BCUT2D eigenvalue weighted by Gasteiger charge is -2.39. The van der Waals surface area contributed by atoms with Gasteiger partial charge in [0.15, 0.2) is 0 Å². The molecule has 29 heavy (non-hydrogen) atoms. The Morgan fingerprint density at radius 3 is 1.31 bits per heavy atom. The summed E-state index contributed by atoms with van der Waals surface area (Å²) in [4.78, 5) is 2.34. The monoisotopic (exact) mass is 431 g/mol. The van der Waals surface area contributed by atoms with Crippen LogP contribution in [0.1, 0.15) is 110 Å². The maximum absolute atomic E-state index is 5.81. The highest BCUT2D eigenvalue weighted by atomic mass is 28.4. The first-order chi connectivity index (χ1) is 14.0. The van der Waals surface area contributed by atoms with Gasteiger partial charge < -0.3 is 18.2 Å². The van der Waals surface area contributed by atoms with Crippen molar-refractivity contribution in [2.75, 3.05) is 35.4 Å². The van der Waals surface area contributed by atoms with E-state index in [1.807, 2.05) is 0 Å². The molecule has 2 atom stereocenters. The van der Waals surface area contributed by atoms with Gasteiger partial charge in [0.1, 0.15) is 0 Å². The van der Waals surface area contributed by atoms with E-state index in [4.69, 9.17) is 13.3 Å². The van der Waals surface area contributed by atoms with Crippen LogP contribution in [0.2, 0.25) is 5.54 Å². The highest BCUT2D eigenvalue weighted by molar-refractivity contribution is 6.62. The third kappa shape index (κ3) is 11.9. The van der Waals surface area contributed by atoms with Crippen LogP contribution < -0.4 is 0 Å². The topological polar surface area (TPSA) is 30.9 Å². The second kappa shape index (κ2) is 18.8. The van der Waals surface area contributed by atoms with Crippen LogP contribution in [0, 0.1) is 0 Å². The molecule has 0 saturated heterocycles. The average molecular weight is 432 g/mol. The normalized spacial score (nSPS) is 14.5. The van der Waals surface area contributed by atoms with Gasteiger partial charge in [-0.05, 0) is 26.9 Å². The van der Waals surface area contributed by atoms with Crippen LogP contribution in [0.15, 0.2) is 0 Å². The molecule has 4 nitrogen and oxygen atoms in total. The maximum atomic E-state index is 5.81. The molecule has 0 aromatic carbocycles. The second-order valence-corrected chi connectivity index (χ2v) is 12.0. The summed E-state index contributed by atoms with van der Waals surface area (Å²) in [5.74, 6) is 0. The van der Waals surface area contributed by atoms with Crippen molar-refractivity contribution >= 4 is 8.80 Å². The van der Waals surface area contributed by atoms with Crippen LogP contribution in [0.25, 0.3) is 0 Å². The number of hydrogen-bond acceptors (Lipinski definition) is 4. The van der Waals surface area contributed by atoms with Crippen molar-refractivity contribution in [1.82, 2.24) is 4.90 Å². The lowest BCUT2D eigenvalue weighted by Crippen LogP contribution is -2.54. The van der Waals surface area contributed by atoms with E-state index < -0.39 is 8.80 Å². The minimum atomic E-state index is -2.62. The molecule has 176 valence electrons. The quantitative estimate of drug-likeness (QED) is 0.144. The molecular weight excluding hydrogens is 378 g/mol. The van der Waals surface area contributed by atoms with Crippen LogP contribution in [0.4, 0.5) is 0 Å². The minimum absolute atomic E-state index is 0.315. The molecule has 0 rings (SSSR count). The summed E-state index contributed by atoms with van der Waals surface area (Å²) in [6, 6.07) is 0.444. The molecule has 0 aliphatic rings. The fourth-order valence-corrected chi connectivity index (χ4v) is 7.50. The summed E-state index contributed by atoms with van der Waals surface area (Å²) in [6.45, 7) is 4.51. The van der Waals surface area contributed by atoms with Crippen LogP contribution in [0.5, 0.6) is 0 Å². The maximum Gasteiger partial charge on any atom is 0.505 e. The Morgan fingerprint density at radius 2 is 1.00 bits per heavy atom. The summed E-state index contributed by atoms with van der Waals surface area (Å²) in [5.41, 5.74) is 0.315. The third-order valence-corrected chi connectivity index (χ3v) is 9.89. The van der Waals surface area contributed by atoms with E-state index in [2.05, 4.69) is 32.8 Å². The molecule has 5 heteroatoms. The Morgan fingerprint density at radius 1 is 0.621 bits per heavy atom. The molecule has 2 unspecified atom stereocenters. The molecule has 0 N–H and O–H groups in total. The molecule has 0 bridgehead atoms. The van der Waals surface area contributed by atoms with Gasteiger partial charge >= 0.3 is 8.80 Å². The fourth-order valence-electron chi connectivity index (χ4n) is 4.65. The SMILES string of the molecule is CCCCCCCCCCCCCCCC(C(CC)[Si](OC)(OC)OC)N(C)C. The van der Waals surface area contributed by atoms with Gasteiger partial charge in [0, 0.05) is 32.9 Å². The second-order valence-electron chi connectivity index (χ2n) is 8.79. The number of rotatable bonds is 21. The zero-order valence-corrected chi connectivity index (χ0v) is 21.9. The van der Waals surface area contributed by atoms with Crippen molar-refractivity contribution < 1.29 is 13.3 Å². The van der Waals surface area contributed by atoms with Gasteiger partial charge in [0.05, 0.1) is 0 Å². The van der Waals surface area contributed by atoms with Crippen LogP contribution >= 0.6 is 0 Å². The van der Waals surface area contributed by atoms with Gasteiger partial charge in [-0.25, -0.2) is 0 Å². The summed E-state index contributed by atoms with van der Waals surface area (Å²) in [5, 5.41) is 0. The molecule has 0 fully saturated rings. The van der Waals surface area contributed by atoms with Crippen molar-refractivity contribution in [3.05, 3.63) is 0 Å². The molecule has 0 aliphatic carbocycles. The van der Waals surface area contributed by atoms with Gasteiger partial charge in [0.2, 0.25) is 0 Å². The Bertz CT molecular complexity index is 343. The Balaban J connectivity index is 4.03. The average Bonchev–Trinajstić information content (AvgIpc) is 2.73. The predicted octanol–water partition coefficient (Wildman–Crippen LogP) is 7.06. The summed E-state index contributed by atoms with van der Waals surface area (Å²) < 4.78 is 17.4. The summed E-state index contributed by atoms with van der Waals surface area (Å²) in [6.07, 6.45) is 20.4. The fraction of sp³-hybridized carbons (Fsp3) is 1.00. The van der Waals surface area contributed by atoms with Gasteiger partial charge in [-0.3, -0.25) is 0 Å². The van der Waals surface area contributed by atoms with E-state index in [0.29, 0.717) is 11.6 Å². The predicted molar refractivity (Wildman–Crippen MR) is 129 cm³/mol. The van der Waals surface area contributed by atoms with E-state index in [1.165, 1.54) is 89.9 Å². The molecule has 0 heterocycles. The molecule has 0 saturated carbocycles. The zero-order chi connectivity index (χ0) is 22.0. The first kappa shape index (κ1) is 29.1. The van der Waals surface area contributed by atoms with Gasteiger partial charge in [-0.15, -0.1) is 0 Å².